The Morgan fingerprint density at radius 1 is 0.303 bits per heavy atom. The normalized spacial score (nSPS) is 12.3. The molecule has 1 nitrogen and oxygen atoms in total. The van der Waals surface area contributed by atoms with Crippen molar-refractivity contribution in [1.29, 1.82) is 0 Å². The monoisotopic (exact) mass is 845 g/mol. The molecular weight excluding hydrogens is 795 g/mol. The minimum absolute atomic E-state index is 0.516. The van der Waals surface area contributed by atoms with E-state index < -0.39 is 5.41 Å². The molecule has 0 radical (unpaired) electrons. The van der Waals surface area contributed by atoms with Gasteiger partial charge in [0.15, 0.2) is 0 Å². The van der Waals surface area contributed by atoms with Crippen LogP contribution in [0, 0.1) is 0 Å². The number of anilines is 3. The maximum absolute atomic E-state index is 2.47. The summed E-state index contributed by atoms with van der Waals surface area (Å²) in [6.07, 6.45) is 1.93. The van der Waals surface area contributed by atoms with Gasteiger partial charge in [-0.05, 0) is 144 Å². The van der Waals surface area contributed by atoms with E-state index in [1.807, 2.05) is 0 Å². The highest BCUT2D eigenvalue weighted by atomic mass is 15.1. The van der Waals surface area contributed by atoms with Crippen LogP contribution >= 0.6 is 0 Å². The third-order valence-electron chi connectivity index (χ3n) is 13.8. The molecule has 10 aromatic rings. The minimum atomic E-state index is -0.516. The molecule has 0 unspecified atom stereocenters. The zero-order chi connectivity index (χ0) is 44.5. The van der Waals surface area contributed by atoms with Crippen molar-refractivity contribution in [2.75, 3.05) is 4.90 Å². The molecule has 0 N–H and O–H groups in total. The van der Waals surface area contributed by atoms with E-state index in [2.05, 4.69) is 267 Å². The highest BCUT2D eigenvalue weighted by Gasteiger charge is 2.47. The van der Waals surface area contributed by atoms with E-state index in [1.54, 1.807) is 0 Å². The summed E-state index contributed by atoms with van der Waals surface area (Å²) in [5.74, 6) is 0. The van der Waals surface area contributed by atoms with Gasteiger partial charge in [0.2, 0.25) is 0 Å². The van der Waals surface area contributed by atoms with Gasteiger partial charge in [0.25, 0.3) is 0 Å². The van der Waals surface area contributed by atoms with Crippen LogP contribution in [-0.2, 0) is 18.3 Å². The summed E-state index contributed by atoms with van der Waals surface area (Å²) >= 11 is 0. The van der Waals surface area contributed by atoms with Crippen molar-refractivity contribution in [3.05, 3.63) is 282 Å². The van der Waals surface area contributed by atoms with Gasteiger partial charge in [0.05, 0.1) is 5.41 Å². The Morgan fingerprint density at radius 3 is 1.36 bits per heavy atom. The second kappa shape index (κ2) is 17.5. The fourth-order valence-corrected chi connectivity index (χ4v) is 10.6. The summed E-state index contributed by atoms with van der Waals surface area (Å²) in [4.78, 5) is 2.41. The molecule has 66 heavy (non-hydrogen) atoms. The van der Waals surface area contributed by atoms with E-state index in [-0.39, 0.29) is 0 Å². The molecule has 0 amide bonds. The van der Waals surface area contributed by atoms with Crippen LogP contribution in [0.2, 0.25) is 0 Å². The first-order valence-electron chi connectivity index (χ1n) is 23.4. The third kappa shape index (κ3) is 7.05. The van der Waals surface area contributed by atoms with Crippen LogP contribution in [-0.4, -0.2) is 0 Å². The SMILES string of the molecule is CCc1ccccc1-c1ccc(N(c2ccc(-c3ccccc3)cc2)c2ccc(-c3ccc4c(c3)C(c3ccccc3)(c3ccccc3)c3cccc(-c5ccccc5)c3-4)cc2)cc1CC. The number of hydrogen-bond donors (Lipinski definition) is 0. The van der Waals surface area contributed by atoms with Gasteiger partial charge in [0, 0.05) is 17.1 Å². The number of fused-ring (bicyclic) bond motifs is 3. The van der Waals surface area contributed by atoms with Crippen LogP contribution in [0.25, 0.3) is 55.6 Å². The van der Waals surface area contributed by atoms with Crippen molar-refractivity contribution in [3.8, 4) is 55.6 Å². The summed E-state index contributed by atoms with van der Waals surface area (Å²) in [6.45, 7) is 4.52. The maximum atomic E-state index is 2.47. The number of nitrogens with zero attached hydrogens (tertiary/aromatic N) is 1. The largest absolute Gasteiger partial charge is 0.310 e. The second-order valence-corrected chi connectivity index (χ2v) is 17.3. The zero-order valence-corrected chi connectivity index (χ0v) is 37.5. The molecule has 0 aliphatic heterocycles. The molecule has 0 heterocycles. The highest BCUT2D eigenvalue weighted by Crippen LogP contribution is 2.59. The zero-order valence-electron chi connectivity index (χ0n) is 37.5. The molecule has 0 spiro atoms. The fourth-order valence-electron chi connectivity index (χ4n) is 10.6. The Balaban J connectivity index is 1.05. The van der Waals surface area contributed by atoms with Crippen LogP contribution in [0.1, 0.15) is 47.2 Å². The predicted molar refractivity (Wildman–Crippen MR) is 279 cm³/mol. The van der Waals surface area contributed by atoms with Crippen LogP contribution in [0.15, 0.2) is 249 Å². The first-order valence-corrected chi connectivity index (χ1v) is 23.4. The van der Waals surface area contributed by atoms with Gasteiger partial charge in [-0.1, -0.05) is 220 Å². The fraction of sp³-hybridized carbons (Fsp3) is 0.0769. The Bertz CT molecular complexity index is 3240. The highest BCUT2D eigenvalue weighted by molar-refractivity contribution is 5.96. The Kier molecular flexibility index (Phi) is 10.8. The van der Waals surface area contributed by atoms with Crippen molar-refractivity contribution in [1.82, 2.24) is 0 Å². The van der Waals surface area contributed by atoms with Crippen molar-refractivity contribution < 1.29 is 0 Å². The van der Waals surface area contributed by atoms with Crippen molar-refractivity contribution in [2.24, 2.45) is 0 Å². The molecule has 1 heteroatoms. The molecule has 316 valence electrons. The smallest absolute Gasteiger partial charge is 0.0714 e. The molecule has 0 fully saturated rings. The quantitative estimate of drug-likeness (QED) is 0.125. The maximum Gasteiger partial charge on any atom is 0.0714 e. The molecular formula is C65H51N. The number of hydrogen-bond acceptors (Lipinski definition) is 1. The van der Waals surface area contributed by atoms with E-state index in [0.717, 1.165) is 29.9 Å². The average molecular weight is 846 g/mol. The van der Waals surface area contributed by atoms with Gasteiger partial charge in [-0.2, -0.15) is 0 Å². The van der Waals surface area contributed by atoms with E-state index >= 15 is 0 Å². The number of aryl methyl sites for hydroxylation is 2. The van der Waals surface area contributed by atoms with Gasteiger partial charge in [-0.15, -0.1) is 0 Å². The lowest BCUT2D eigenvalue weighted by Crippen LogP contribution is -2.28. The summed E-state index contributed by atoms with van der Waals surface area (Å²) < 4.78 is 0. The lowest BCUT2D eigenvalue weighted by atomic mass is 9.67. The molecule has 0 aromatic heterocycles. The van der Waals surface area contributed by atoms with Gasteiger partial charge in [-0.25, -0.2) is 0 Å². The van der Waals surface area contributed by atoms with Crippen LogP contribution in [0.3, 0.4) is 0 Å². The Hall–Kier alpha value is -8.00. The first kappa shape index (κ1) is 40.8. The molecule has 10 aromatic carbocycles. The Morgan fingerprint density at radius 2 is 0.758 bits per heavy atom. The van der Waals surface area contributed by atoms with Crippen LogP contribution < -0.4 is 4.90 Å². The second-order valence-electron chi connectivity index (χ2n) is 17.3. The van der Waals surface area contributed by atoms with E-state index in [1.165, 1.54) is 89.0 Å². The molecule has 11 rings (SSSR count). The van der Waals surface area contributed by atoms with Crippen LogP contribution in [0.4, 0.5) is 17.1 Å². The summed E-state index contributed by atoms with van der Waals surface area (Å²) in [6, 6.07) is 91.9. The summed E-state index contributed by atoms with van der Waals surface area (Å²) in [5, 5.41) is 0. The van der Waals surface area contributed by atoms with E-state index in [0.29, 0.717) is 0 Å². The van der Waals surface area contributed by atoms with Gasteiger partial charge >= 0.3 is 0 Å². The summed E-state index contributed by atoms with van der Waals surface area (Å²) in [5.41, 5.74) is 23.2. The molecule has 0 atom stereocenters. The minimum Gasteiger partial charge on any atom is -0.310 e. The van der Waals surface area contributed by atoms with Crippen molar-refractivity contribution in [3.63, 3.8) is 0 Å². The van der Waals surface area contributed by atoms with Gasteiger partial charge in [0.1, 0.15) is 0 Å². The Labute approximate surface area is 390 Å². The molecule has 0 saturated carbocycles. The first-order chi connectivity index (χ1) is 32.6. The predicted octanol–water partition coefficient (Wildman–Crippen LogP) is 17.3. The number of rotatable bonds is 11. The molecule has 1 aliphatic carbocycles. The molecule has 0 saturated heterocycles. The van der Waals surface area contributed by atoms with Gasteiger partial charge < -0.3 is 4.90 Å². The van der Waals surface area contributed by atoms with Crippen molar-refractivity contribution >= 4 is 17.1 Å². The topological polar surface area (TPSA) is 3.24 Å². The summed E-state index contributed by atoms with van der Waals surface area (Å²) in [7, 11) is 0. The standard InChI is InChI=1S/C65H51N/c1-3-46-20-17-18-29-58(46)59-43-41-57(44-47(59)4-2)66(55-37-32-49(33-38-55)48-21-9-5-10-22-48)56-39-34-50(35-40-56)52-36-42-61-63(45-52)65(53-25-13-7-14-26-53,54-27-15-8-16-28-54)62-31-19-30-60(64(61)62)51-23-11-6-12-24-51/h5-45H,3-4H2,1-2H3. The average Bonchev–Trinajstić information content (AvgIpc) is 3.70. The van der Waals surface area contributed by atoms with Crippen molar-refractivity contribution in [2.45, 2.75) is 32.1 Å². The van der Waals surface area contributed by atoms with E-state index in [9.17, 15) is 0 Å². The van der Waals surface area contributed by atoms with Gasteiger partial charge in [-0.3, -0.25) is 0 Å². The molecule has 0 bridgehead atoms. The lowest BCUT2D eigenvalue weighted by Gasteiger charge is -2.34. The van der Waals surface area contributed by atoms with Crippen LogP contribution in [0.5, 0.6) is 0 Å². The molecule has 1 aliphatic rings. The number of benzene rings is 10. The van der Waals surface area contributed by atoms with E-state index in [4.69, 9.17) is 0 Å². The third-order valence-corrected chi connectivity index (χ3v) is 13.8. The lowest BCUT2D eigenvalue weighted by molar-refractivity contribution is 0.769.